The molecule has 0 radical (unpaired) electrons. The molecule has 0 N–H and O–H groups in total. The number of hydrogen-bond donors (Lipinski definition) is 0. The molecule has 0 heterocycles. The van der Waals surface area contributed by atoms with Gasteiger partial charge in [0.15, 0.2) is 0 Å². The highest BCUT2D eigenvalue weighted by molar-refractivity contribution is 5.40. The number of rotatable bonds is 2. The van der Waals surface area contributed by atoms with E-state index in [1.54, 1.807) is 0 Å². The number of ether oxygens (including phenoxy) is 1. The van der Waals surface area contributed by atoms with Crippen LogP contribution in [-0.2, 0) is 0 Å². The van der Waals surface area contributed by atoms with Crippen LogP contribution in [0, 0.1) is 33.1 Å². The predicted octanol–water partition coefficient (Wildman–Crippen LogP) is 2.62. The Bertz CT molecular complexity index is 322. The van der Waals surface area contributed by atoms with Gasteiger partial charge in [0.1, 0.15) is 12.4 Å². The summed E-state index contributed by atoms with van der Waals surface area (Å²) in [6.45, 7) is 6.59. The van der Waals surface area contributed by atoms with Gasteiger partial charge in [-0.15, -0.1) is 6.42 Å². The molecule has 0 saturated carbocycles. The van der Waals surface area contributed by atoms with Crippen molar-refractivity contribution < 1.29 is 4.74 Å². The fourth-order valence-electron chi connectivity index (χ4n) is 1.20. The number of benzene rings is 1. The maximum absolute atomic E-state index is 5.34. The fourth-order valence-corrected chi connectivity index (χ4v) is 1.20. The van der Waals surface area contributed by atoms with Gasteiger partial charge in [0.2, 0.25) is 0 Å². The lowest BCUT2D eigenvalue weighted by Crippen LogP contribution is -1.95. The molecule has 0 unspecified atom stereocenters. The molecule has 0 atom stereocenters. The second-order valence-electron chi connectivity index (χ2n) is 3.17. The minimum absolute atomic E-state index is 0.335. The first-order valence-electron chi connectivity index (χ1n) is 4.29. The van der Waals surface area contributed by atoms with Crippen molar-refractivity contribution in [3.8, 4) is 18.1 Å². The van der Waals surface area contributed by atoms with Crippen LogP contribution in [0.5, 0.6) is 5.75 Å². The molecule has 68 valence electrons. The van der Waals surface area contributed by atoms with Crippen molar-refractivity contribution in [3.63, 3.8) is 0 Å². The average molecular weight is 174 g/mol. The molecule has 1 aromatic rings. The predicted molar refractivity (Wildman–Crippen MR) is 55.0 cm³/mol. The lowest BCUT2D eigenvalue weighted by atomic mass is 10.0. The molecule has 13 heavy (non-hydrogen) atoms. The van der Waals surface area contributed by atoms with Crippen LogP contribution in [-0.4, -0.2) is 6.61 Å². The zero-order valence-corrected chi connectivity index (χ0v) is 8.35. The van der Waals surface area contributed by atoms with Crippen molar-refractivity contribution in [2.75, 3.05) is 6.61 Å². The van der Waals surface area contributed by atoms with Gasteiger partial charge in [-0.3, -0.25) is 0 Å². The molecule has 0 saturated heterocycles. The maximum Gasteiger partial charge on any atom is 0.148 e. The Labute approximate surface area is 79.7 Å². The summed E-state index contributed by atoms with van der Waals surface area (Å²) >= 11 is 0. The molecule has 1 heteroatoms. The first kappa shape index (κ1) is 9.67. The normalized spacial score (nSPS) is 9.38. The molecule has 1 nitrogen and oxygen atoms in total. The van der Waals surface area contributed by atoms with Crippen LogP contribution in [0.3, 0.4) is 0 Å². The summed E-state index contributed by atoms with van der Waals surface area (Å²) in [5, 5.41) is 0. The van der Waals surface area contributed by atoms with Crippen molar-refractivity contribution in [2.24, 2.45) is 0 Å². The minimum atomic E-state index is 0.335. The van der Waals surface area contributed by atoms with Crippen LogP contribution in [0.25, 0.3) is 0 Å². The monoisotopic (exact) mass is 174 g/mol. The lowest BCUT2D eigenvalue weighted by molar-refractivity contribution is 0.370. The Hall–Kier alpha value is -1.42. The number of hydrogen-bond acceptors (Lipinski definition) is 1. The Kier molecular flexibility index (Phi) is 2.97. The second-order valence-corrected chi connectivity index (χ2v) is 3.17. The van der Waals surface area contributed by atoms with Crippen LogP contribution in [0.1, 0.15) is 16.7 Å². The van der Waals surface area contributed by atoms with Gasteiger partial charge in [-0.1, -0.05) is 5.92 Å². The average Bonchev–Trinajstić information content (AvgIpc) is 2.10. The minimum Gasteiger partial charge on any atom is -0.481 e. The Morgan fingerprint density at radius 2 is 1.77 bits per heavy atom. The van der Waals surface area contributed by atoms with Gasteiger partial charge >= 0.3 is 0 Å². The third kappa shape index (κ3) is 2.26. The highest BCUT2D eigenvalue weighted by Gasteiger charge is 2.00. The van der Waals surface area contributed by atoms with Crippen molar-refractivity contribution in [3.05, 3.63) is 28.8 Å². The summed E-state index contributed by atoms with van der Waals surface area (Å²) in [5.74, 6) is 3.31. The first-order valence-corrected chi connectivity index (χ1v) is 4.29. The summed E-state index contributed by atoms with van der Waals surface area (Å²) in [6.07, 6.45) is 5.11. The van der Waals surface area contributed by atoms with Gasteiger partial charge in [-0.25, -0.2) is 0 Å². The SMILES string of the molecule is C#CCOc1cc(C)c(C)c(C)c1. The van der Waals surface area contributed by atoms with Crippen LogP contribution < -0.4 is 4.74 Å². The Balaban J connectivity index is 2.94. The third-order valence-corrected chi connectivity index (χ3v) is 2.22. The van der Waals surface area contributed by atoms with Gasteiger partial charge in [0.05, 0.1) is 0 Å². The van der Waals surface area contributed by atoms with Crippen LogP contribution in [0.15, 0.2) is 12.1 Å². The molecule has 1 rings (SSSR count). The lowest BCUT2D eigenvalue weighted by Gasteiger charge is -2.08. The maximum atomic E-state index is 5.34. The molecule has 0 aliphatic heterocycles. The van der Waals surface area contributed by atoms with Crippen LogP contribution in [0.4, 0.5) is 0 Å². The van der Waals surface area contributed by atoms with Crippen molar-refractivity contribution in [2.45, 2.75) is 20.8 Å². The highest BCUT2D eigenvalue weighted by atomic mass is 16.5. The largest absolute Gasteiger partial charge is 0.481 e. The van der Waals surface area contributed by atoms with E-state index >= 15 is 0 Å². The number of terminal acetylenes is 1. The first-order chi connectivity index (χ1) is 6.15. The molecular weight excluding hydrogens is 160 g/mol. The molecule has 0 aliphatic rings. The molecule has 0 aliphatic carbocycles. The van der Waals surface area contributed by atoms with E-state index in [-0.39, 0.29) is 0 Å². The zero-order valence-electron chi connectivity index (χ0n) is 8.35. The van der Waals surface area contributed by atoms with E-state index in [2.05, 4.69) is 26.7 Å². The summed E-state index contributed by atoms with van der Waals surface area (Å²) in [5.41, 5.74) is 3.80. The molecule has 0 fully saturated rings. The quantitative estimate of drug-likeness (QED) is 0.626. The van der Waals surface area contributed by atoms with Gasteiger partial charge in [-0.05, 0) is 49.6 Å². The van der Waals surface area contributed by atoms with E-state index in [0.29, 0.717) is 6.61 Å². The Morgan fingerprint density at radius 1 is 1.23 bits per heavy atom. The summed E-state index contributed by atoms with van der Waals surface area (Å²) in [4.78, 5) is 0. The van der Waals surface area contributed by atoms with Crippen molar-refractivity contribution >= 4 is 0 Å². The van der Waals surface area contributed by atoms with E-state index in [0.717, 1.165) is 5.75 Å². The smallest absolute Gasteiger partial charge is 0.148 e. The van der Waals surface area contributed by atoms with Crippen molar-refractivity contribution in [1.29, 1.82) is 0 Å². The van der Waals surface area contributed by atoms with Gasteiger partial charge in [-0.2, -0.15) is 0 Å². The highest BCUT2D eigenvalue weighted by Crippen LogP contribution is 2.20. The molecule has 1 aromatic carbocycles. The van der Waals surface area contributed by atoms with Gasteiger partial charge < -0.3 is 4.74 Å². The fraction of sp³-hybridized carbons (Fsp3) is 0.333. The van der Waals surface area contributed by atoms with Crippen LogP contribution >= 0.6 is 0 Å². The van der Waals surface area contributed by atoms with Crippen LogP contribution in [0.2, 0.25) is 0 Å². The molecule has 0 aromatic heterocycles. The summed E-state index contributed by atoms with van der Waals surface area (Å²) in [7, 11) is 0. The second kappa shape index (κ2) is 4.00. The van der Waals surface area contributed by atoms with E-state index in [4.69, 9.17) is 11.2 Å². The molecule has 0 amide bonds. The van der Waals surface area contributed by atoms with E-state index in [1.807, 2.05) is 12.1 Å². The molecule has 0 spiro atoms. The summed E-state index contributed by atoms with van der Waals surface area (Å²) < 4.78 is 5.34. The summed E-state index contributed by atoms with van der Waals surface area (Å²) in [6, 6.07) is 4.03. The third-order valence-electron chi connectivity index (χ3n) is 2.22. The van der Waals surface area contributed by atoms with Crippen molar-refractivity contribution in [1.82, 2.24) is 0 Å². The van der Waals surface area contributed by atoms with E-state index in [1.165, 1.54) is 16.7 Å². The Morgan fingerprint density at radius 3 is 2.23 bits per heavy atom. The van der Waals surface area contributed by atoms with Gasteiger partial charge in [0, 0.05) is 0 Å². The molecular formula is C12H14O. The topological polar surface area (TPSA) is 9.23 Å². The van der Waals surface area contributed by atoms with Gasteiger partial charge in [0.25, 0.3) is 0 Å². The standard InChI is InChI=1S/C12H14O/c1-5-6-13-12-7-9(2)11(4)10(3)8-12/h1,7-8H,6H2,2-4H3. The number of aryl methyl sites for hydroxylation is 2. The zero-order chi connectivity index (χ0) is 9.84. The van der Waals surface area contributed by atoms with E-state index in [9.17, 15) is 0 Å². The molecule has 0 bridgehead atoms. The van der Waals surface area contributed by atoms with E-state index < -0.39 is 0 Å².